The predicted molar refractivity (Wildman–Crippen MR) is 81.4 cm³/mol. The molecule has 0 spiro atoms. The third-order valence-corrected chi connectivity index (χ3v) is 3.47. The van der Waals surface area contributed by atoms with E-state index < -0.39 is 5.97 Å². The van der Waals surface area contributed by atoms with E-state index in [1.807, 2.05) is 18.2 Å². The Morgan fingerprint density at radius 2 is 2.27 bits per heavy atom. The molecular weight excluding hydrogens is 306 g/mol. The summed E-state index contributed by atoms with van der Waals surface area (Å²) in [6, 6.07) is 5.74. The Morgan fingerprint density at radius 1 is 1.45 bits per heavy atom. The van der Waals surface area contributed by atoms with Gasteiger partial charge in [-0.25, -0.2) is 9.78 Å². The number of pyridine rings is 1. The van der Waals surface area contributed by atoms with Crippen molar-refractivity contribution in [2.45, 2.75) is 18.9 Å². The molecule has 1 aliphatic rings. The van der Waals surface area contributed by atoms with Crippen molar-refractivity contribution in [2.75, 3.05) is 6.61 Å². The molecule has 22 heavy (non-hydrogen) atoms. The summed E-state index contributed by atoms with van der Waals surface area (Å²) >= 11 is 6.04. The number of carbonyl (C=O) groups excluding carboxylic acids is 2. The van der Waals surface area contributed by atoms with Crippen LogP contribution in [0.5, 0.6) is 0 Å². The first-order valence-corrected chi connectivity index (χ1v) is 7.28. The highest BCUT2D eigenvalue weighted by molar-refractivity contribution is 6.31. The summed E-state index contributed by atoms with van der Waals surface area (Å²) in [4.78, 5) is 27.2. The highest BCUT2D eigenvalue weighted by Crippen LogP contribution is 2.19. The van der Waals surface area contributed by atoms with Crippen LogP contribution in [0.2, 0.25) is 5.15 Å². The predicted octanol–water partition coefficient (Wildman–Crippen LogP) is 1.82. The summed E-state index contributed by atoms with van der Waals surface area (Å²) in [7, 11) is 0. The molecule has 2 aromatic heterocycles. The summed E-state index contributed by atoms with van der Waals surface area (Å²) in [5, 5.41) is 3.03. The lowest BCUT2D eigenvalue weighted by atomic mass is 10.4. The van der Waals surface area contributed by atoms with Gasteiger partial charge in [-0.2, -0.15) is 0 Å². The van der Waals surface area contributed by atoms with Crippen LogP contribution in [0.4, 0.5) is 0 Å². The van der Waals surface area contributed by atoms with Crippen LogP contribution in [-0.2, 0) is 14.3 Å². The molecule has 0 radical (unpaired) electrons. The Kier molecular flexibility index (Phi) is 4.11. The highest BCUT2D eigenvalue weighted by atomic mass is 35.5. The molecule has 2 aromatic rings. The molecule has 1 aliphatic carbocycles. The topological polar surface area (TPSA) is 72.7 Å². The van der Waals surface area contributed by atoms with Gasteiger partial charge in [-0.1, -0.05) is 17.7 Å². The van der Waals surface area contributed by atoms with Gasteiger partial charge in [0.2, 0.25) is 0 Å². The van der Waals surface area contributed by atoms with Gasteiger partial charge in [0.15, 0.2) is 11.8 Å². The zero-order chi connectivity index (χ0) is 15.5. The van der Waals surface area contributed by atoms with E-state index in [0.717, 1.165) is 12.8 Å². The van der Waals surface area contributed by atoms with Gasteiger partial charge in [-0.15, -0.1) is 0 Å². The summed E-state index contributed by atoms with van der Waals surface area (Å²) in [6.45, 7) is -0.277. The fourth-order valence-corrected chi connectivity index (χ4v) is 2.20. The molecule has 0 aromatic carbocycles. The fourth-order valence-electron chi connectivity index (χ4n) is 1.96. The van der Waals surface area contributed by atoms with Crippen molar-refractivity contribution in [3.05, 3.63) is 41.3 Å². The van der Waals surface area contributed by atoms with E-state index in [-0.39, 0.29) is 18.6 Å². The van der Waals surface area contributed by atoms with Crippen LogP contribution in [0.1, 0.15) is 18.5 Å². The van der Waals surface area contributed by atoms with E-state index >= 15 is 0 Å². The van der Waals surface area contributed by atoms with Crippen LogP contribution in [-0.4, -0.2) is 33.9 Å². The van der Waals surface area contributed by atoms with E-state index in [2.05, 4.69) is 10.3 Å². The lowest BCUT2D eigenvalue weighted by molar-refractivity contribution is -0.143. The lowest BCUT2D eigenvalue weighted by Gasteiger charge is -2.03. The van der Waals surface area contributed by atoms with E-state index in [4.69, 9.17) is 16.3 Å². The maximum Gasteiger partial charge on any atom is 0.331 e. The molecule has 0 aliphatic heterocycles. The van der Waals surface area contributed by atoms with Crippen molar-refractivity contribution in [1.29, 1.82) is 0 Å². The number of nitrogens with zero attached hydrogens (tertiary/aromatic N) is 2. The number of ether oxygens (including phenoxy) is 1. The normalized spacial score (nSPS) is 14.4. The molecule has 7 heteroatoms. The number of esters is 1. The van der Waals surface area contributed by atoms with Gasteiger partial charge in [-0.05, 0) is 31.1 Å². The first-order chi connectivity index (χ1) is 10.6. The monoisotopic (exact) mass is 319 g/mol. The largest absolute Gasteiger partial charge is 0.452 e. The van der Waals surface area contributed by atoms with Crippen molar-refractivity contribution < 1.29 is 14.3 Å². The number of hydrogen-bond donors (Lipinski definition) is 1. The molecule has 6 nitrogen and oxygen atoms in total. The Labute approximate surface area is 131 Å². The third-order valence-electron chi connectivity index (χ3n) is 3.19. The Morgan fingerprint density at radius 3 is 3.05 bits per heavy atom. The number of amides is 1. The Hall–Kier alpha value is -2.34. The van der Waals surface area contributed by atoms with Gasteiger partial charge in [0.1, 0.15) is 5.65 Å². The van der Waals surface area contributed by atoms with Gasteiger partial charge >= 0.3 is 5.97 Å². The van der Waals surface area contributed by atoms with Crippen LogP contribution >= 0.6 is 11.6 Å². The number of fused-ring (bicyclic) bond motifs is 1. The standard InChI is InChI=1S/C15H14ClN3O3/c16-15-11(19-8-2-1-3-12(19)18-15)6-7-14(21)22-9-13(20)17-10-4-5-10/h1-3,6-8,10H,4-5,9H2,(H,17,20)/b7-6+. The second-order valence-corrected chi connectivity index (χ2v) is 5.36. The van der Waals surface area contributed by atoms with Gasteiger partial charge in [-0.3, -0.25) is 9.20 Å². The van der Waals surface area contributed by atoms with E-state index in [1.54, 1.807) is 10.6 Å². The van der Waals surface area contributed by atoms with Crippen LogP contribution in [0, 0.1) is 0 Å². The average Bonchev–Trinajstić information content (AvgIpc) is 3.24. The molecule has 3 rings (SSSR count). The van der Waals surface area contributed by atoms with E-state index in [1.165, 1.54) is 12.2 Å². The van der Waals surface area contributed by atoms with Gasteiger partial charge in [0.05, 0.1) is 5.69 Å². The van der Waals surface area contributed by atoms with Crippen molar-refractivity contribution >= 4 is 35.2 Å². The van der Waals surface area contributed by atoms with E-state index in [9.17, 15) is 9.59 Å². The van der Waals surface area contributed by atoms with Crippen molar-refractivity contribution in [3.8, 4) is 0 Å². The summed E-state index contributed by atoms with van der Waals surface area (Å²) in [5.74, 6) is -0.884. The lowest BCUT2D eigenvalue weighted by Crippen LogP contribution is -2.30. The molecule has 0 unspecified atom stereocenters. The minimum absolute atomic E-state index is 0.249. The van der Waals surface area contributed by atoms with Crippen LogP contribution in [0.25, 0.3) is 11.7 Å². The van der Waals surface area contributed by atoms with Crippen LogP contribution < -0.4 is 5.32 Å². The fraction of sp³-hybridized carbons (Fsp3) is 0.267. The summed E-state index contributed by atoms with van der Waals surface area (Å²) in [6.07, 6.45) is 6.53. The number of halogens is 1. The first kappa shape index (κ1) is 14.6. The SMILES string of the molecule is O=C(COC(=O)/C=C/c1c(Cl)nc2ccccn12)NC1CC1. The second-order valence-electron chi connectivity index (χ2n) is 5.00. The molecule has 1 fully saturated rings. The van der Waals surface area contributed by atoms with Gasteiger partial charge in [0, 0.05) is 18.3 Å². The van der Waals surface area contributed by atoms with Crippen molar-refractivity contribution in [2.24, 2.45) is 0 Å². The molecule has 1 saturated carbocycles. The number of aromatic nitrogens is 2. The molecule has 0 atom stereocenters. The molecule has 0 bridgehead atoms. The highest BCUT2D eigenvalue weighted by Gasteiger charge is 2.23. The minimum Gasteiger partial charge on any atom is -0.452 e. The number of carbonyl (C=O) groups is 2. The van der Waals surface area contributed by atoms with Gasteiger partial charge in [0.25, 0.3) is 5.91 Å². The third kappa shape index (κ3) is 3.46. The average molecular weight is 320 g/mol. The van der Waals surface area contributed by atoms with E-state index in [0.29, 0.717) is 16.5 Å². The van der Waals surface area contributed by atoms with Crippen molar-refractivity contribution in [3.63, 3.8) is 0 Å². The van der Waals surface area contributed by atoms with Crippen molar-refractivity contribution in [1.82, 2.24) is 14.7 Å². The second kappa shape index (κ2) is 6.19. The molecule has 0 saturated heterocycles. The Balaban J connectivity index is 1.61. The summed E-state index contributed by atoms with van der Waals surface area (Å²) in [5.41, 5.74) is 1.26. The minimum atomic E-state index is -0.604. The van der Waals surface area contributed by atoms with Crippen LogP contribution in [0.3, 0.4) is 0 Å². The van der Waals surface area contributed by atoms with Crippen LogP contribution in [0.15, 0.2) is 30.5 Å². The zero-order valence-corrected chi connectivity index (χ0v) is 12.4. The quantitative estimate of drug-likeness (QED) is 0.674. The maximum atomic E-state index is 11.6. The van der Waals surface area contributed by atoms with Gasteiger partial charge < -0.3 is 10.1 Å². The molecule has 1 N–H and O–H groups in total. The molecular formula is C15H14ClN3O3. The molecule has 1 amide bonds. The molecule has 114 valence electrons. The maximum absolute atomic E-state index is 11.6. The Bertz CT molecular complexity index is 750. The molecule has 2 heterocycles. The summed E-state index contributed by atoms with van der Waals surface area (Å²) < 4.78 is 6.63. The number of rotatable bonds is 5. The number of nitrogens with one attached hydrogen (secondary N) is 1. The smallest absolute Gasteiger partial charge is 0.331 e. The number of hydrogen-bond acceptors (Lipinski definition) is 4. The number of imidazole rings is 1. The zero-order valence-electron chi connectivity index (χ0n) is 11.7. The first-order valence-electron chi connectivity index (χ1n) is 6.90.